The van der Waals surface area contributed by atoms with Crippen molar-refractivity contribution in [3.05, 3.63) is 52.2 Å². The zero-order chi connectivity index (χ0) is 20.4. The van der Waals surface area contributed by atoms with Gasteiger partial charge in [-0.3, -0.25) is 4.90 Å². The Balaban J connectivity index is 1.44. The highest BCUT2D eigenvalue weighted by molar-refractivity contribution is 7.89. The van der Waals surface area contributed by atoms with Crippen LogP contribution in [-0.4, -0.2) is 53.6 Å². The minimum atomic E-state index is -3.71. The van der Waals surface area contributed by atoms with Gasteiger partial charge in [-0.2, -0.15) is 9.57 Å². The molecule has 0 spiro atoms. The summed E-state index contributed by atoms with van der Waals surface area (Å²) in [6.45, 7) is 2.13. The molecule has 29 heavy (non-hydrogen) atoms. The van der Waals surface area contributed by atoms with Crippen molar-refractivity contribution in [1.82, 2.24) is 19.0 Å². The third-order valence-electron chi connectivity index (χ3n) is 4.63. The van der Waals surface area contributed by atoms with Crippen molar-refractivity contribution in [2.75, 3.05) is 26.2 Å². The average molecular weight is 448 g/mol. The number of hydrogen-bond acceptors (Lipinski definition) is 8. The van der Waals surface area contributed by atoms with Gasteiger partial charge in [-0.05, 0) is 35.8 Å². The van der Waals surface area contributed by atoms with E-state index in [2.05, 4.69) is 10.00 Å². The normalized spacial score (nSPS) is 16.0. The molecule has 4 rings (SSSR count). The summed E-state index contributed by atoms with van der Waals surface area (Å²) in [5.41, 5.74) is 0.157. The quantitative estimate of drug-likeness (QED) is 0.555. The fraction of sp³-hybridized carbons (Fsp3) is 0.278. The third kappa shape index (κ3) is 4.03. The highest BCUT2D eigenvalue weighted by Crippen LogP contribution is 2.24. The van der Waals surface area contributed by atoms with Gasteiger partial charge < -0.3 is 4.42 Å². The van der Waals surface area contributed by atoms with Gasteiger partial charge in [0.25, 0.3) is 10.7 Å². The number of piperazine rings is 1. The molecule has 11 heteroatoms. The molecular weight excluding hydrogens is 430 g/mol. The smallest absolute Gasteiger partial charge is 0.288 e. The predicted octanol–water partition coefficient (Wildman–Crippen LogP) is 2.77. The Morgan fingerprint density at radius 2 is 1.93 bits per heavy atom. The number of benzene rings is 1. The molecule has 2 aromatic heterocycles. The van der Waals surface area contributed by atoms with Crippen molar-refractivity contribution in [1.29, 1.82) is 5.26 Å². The zero-order valence-electron chi connectivity index (χ0n) is 15.3. The standard InChI is InChI=1S/C18H17N5O3S3/c19-12-14-4-1-2-6-16(14)29(24,25)22-9-7-21(8-10-22)13-23-18(27)26-17(20-23)15-5-3-11-28-15/h1-6,11H,7-10,13H2. The second-order valence-electron chi connectivity index (χ2n) is 6.42. The molecule has 0 aliphatic carbocycles. The maximum absolute atomic E-state index is 12.9. The van der Waals surface area contributed by atoms with Crippen LogP contribution in [0.1, 0.15) is 5.56 Å². The van der Waals surface area contributed by atoms with E-state index < -0.39 is 10.0 Å². The molecular formula is C18H17N5O3S3. The summed E-state index contributed by atoms with van der Waals surface area (Å²) in [6, 6.07) is 12.1. The van der Waals surface area contributed by atoms with E-state index in [4.69, 9.17) is 16.6 Å². The summed E-state index contributed by atoms with van der Waals surface area (Å²) in [4.78, 5) is 3.31. The highest BCUT2D eigenvalue weighted by Gasteiger charge is 2.30. The first-order chi connectivity index (χ1) is 14.0. The summed E-state index contributed by atoms with van der Waals surface area (Å²) in [7, 11) is -3.71. The molecule has 1 aliphatic heterocycles. The van der Waals surface area contributed by atoms with Crippen LogP contribution >= 0.6 is 23.6 Å². The molecule has 8 nitrogen and oxygen atoms in total. The number of hydrogen-bond donors (Lipinski definition) is 0. The Hall–Kier alpha value is -2.36. The van der Waals surface area contributed by atoms with Crippen LogP contribution in [0.4, 0.5) is 0 Å². The van der Waals surface area contributed by atoms with Crippen LogP contribution in [0.25, 0.3) is 10.8 Å². The second kappa shape index (κ2) is 8.17. The van der Waals surface area contributed by atoms with Crippen LogP contribution in [0.2, 0.25) is 0 Å². The largest absolute Gasteiger partial charge is 0.408 e. The molecule has 0 amide bonds. The summed E-state index contributed by atoms with van der Waals surface area (Å²) >= 11 is 6.79. The molecule has 0 radical (unpaired) electrons. The van der Waals surface area contributed by atoms with Crippen molar-refractivity contribution in [3.8, 4) is 16.8 Å². The Labute approximate surface area is 177 Å². The fourth-order valence-electron chi connectivity index (χ4n) is 3.12. The van der Waals surface area contributed by atoms with E-state index in [1.54, 1.807) is 16.8 Å². The van der Waals surface area contributed by atoms with E-state index in [9.17, 15) is 13.7 Å². The maximum atomic E-state index is 12.9. The van der Waals surface area contributed by atoms with Gasteiger partial charge in [0.05, 0.1) is 22.0 Å². The van der Waals surface area contributed by atoms with E-state index in [0.717, 1.165) is 4.88 Å². The van der Waals surface area contributed by atoms with Gasteiger partial charge in [0, 0.05) is 26.2 Å². The predicted molar refractivity (Wildman–Crippen MR) is 110 cm³/mol. The molecule has 0 atom stereocenters. The van der Waals surface area contributed by atoms with Gasteiger partial charge in [0.15, 0.2) is 0 Å². The van der Waals surface area contributed by atoms with E-state index in [1.165, 1.54) is 27.8 Å². The summed E-state index contributed by atoms with van der Waals surface area (Å²) in [5, 5.41) is 15.6. The number of nitrogens with zero attached hydrogens (tertiary/aromatic N) is 5. The van der Waals surface area contributed by atoms with Crippen molar-refractivity contribution in [2.45, 2.75) is 11.6 Å². The molecule has 3 aromatic rings. The van der Waals surface area contributed by atoms with Crippen LogP contribution in [0.3, 0.4) is 0 Å². The Kier molecular flexibility index (Phi) is 5.62. The number of rotatable bonds is 5. The Morgan fingerprint density at radius 3 is 2.62 bits per heavy atom. The monoisotopic (exact) mass is 447 g/mol. The van der Waals surface area contributed by atoms with Gasteiger partial charge in [-0.1, -0.05) is 18.2 Å². The van der Waals surface area contributed by atoms with Gasteiger partial charge in [-0.25, -0.2) is 13.1 Å². The van der Waals surface area contributed by atoms with Crippen LogP contribution in [0.15, 0.2) is 51.1 Å². The molecule has 150 valence electrons. The first-order valence-electron chi connectivity index (χ1n) is 8.82. The SMILES string of the molecule is N#Cc1ccccc1S(=O)(=O)N1CCN(Cn2nc(-c3cccs3)oc2=S)CC1. The van der Waals surface area contributed by atoms with E-state index in [-0.39, 0.29) is 15.3 Å². The molecule has 1 fully saturated rings. The molecule has 0 bridgehead atoms. The first kappa shape index (κ1) is 19.9. The highest BCUT2D eigenvalue weighted by atomic mass is 32.2. The lowest BCUT2D eigenvalue weighted by Gasteiger charge is -2.33. The summed E-state index contributed by atoms with van der Waals surface area (Å²) in [6.07, 6.45) is 0. The molecule has 1 aliphatic rings. The van der Waals surface area contributed by atoms with Crippen molar-refractivity contribution < 1.29 is 12.8 Å². The molecule has 0 N–H and O–H groups in total. The van der Waals surface area contributed by atoms with Crippen molar-refractivity contribution >= 4 is 33.6 Å². The molecule has 0 saturated carbocycles. The number of aromatic nitrogens is 2. The average Bonchev–Trinajstić information content (AvgIpc) is 3.39. The van der Waals surface area contributed by atoms with Crippen LogP contribution in [0, 0.1) is 16.2 Å². The lowest BCUT2D eigenvalue weighted by molar-refractivity contribution is 0.143. The topological polar surface area (TPSA) is 95.4 Å². The lowest BCUT2D eigenvalue weighted by Crippen LogP contribution is -2.49. The van der Waals surface area contributed by atoms with Crippen molar-refractivity contribution in [2.24, 2.45) is 0 Å². The maximum Gasteiger partial charge on any atom is 0.288 e. The van der Waals surface area contributed by atoms with Gasteiger partial charge in [0.2, 0.25) is 10.0 Å². The second-order valence-corrected chi connectivity index (χ2v) is 9.62. The fourth-order valence-corrected chi connectivity index (χ4v) is 5.51. The van der Waals surface area contributed by atoms with E-state index in [0.29, 0.717) is 38.7 Å². The molecule has 1 saturated heterocycles. The van der Waals surface area contributed by atoms with Gasteiger partial charge >= 0.3 is 0 Å². The van der Waals surface area contributed by atoms with E-state index >= 15 is 0 Å². The van der Waals surface area contributed by atoms with Gasteiger partial charge in [0.1, 0.15) is 6.07 Å². The summed E-state index contributed by atoms with van der Waals surface area (Å²) < 4.78 is 34.5. The Bertz CT molecular complexity index is 1200. The lowest BCUT2D eigenvalue weighted by atomic mass is 10.2. The summed E-state index contributed by atoms with van der Waals surface area (Å²) in [5.74, 6) is 0.485. The molecule has 0 unspecified atom stereocenters. The minimum Gasteiger partial charge on any atom is -0.408 e. The molecule has 3 heterocycles. The molecule has 1 aromatic carbocycles. The Morgan fingerprint density at radius 1 is 1.17 bits per heavy atom. The van der Waals surface area contributed by atoms with Crippen molar-refractivity contribution in [3.63, 3.8) is 0 Å². The number of thiophene rings is 1. The zero-order valence-corrected chi connectivity index (χ0v) is 17.7. The van der Waals surface area contributed by atoms with Crippen LogP contribution in [0.5, 0.6) is 0 Å². The van der Waals surface area contributed by atoms with Crippen LogP contribution in [-0.2, 0) is 16.7 Å². The number of nitriles is 1. The third-order valence-corrected chi connectivity index (χ3v) is 7.74. The minimum absolute atomic E-state index is 0.0512. The van der Waals surface area contributed by atoms with Crippen LogP contribution < -0.4 is 0 Å². The number of sulfonamides is 1. The van der Waals surface area contributed by atoms with Gasteiger partial charge in [-0.15, -0.1) is 16.4 Å². The first-order valence-corrected chi connectivity index (χ1v) is 11.6. The van der Waals surface area contributed by atoms with E-state index in [1.807, 2.05) is 23.6 Å².